The Kier molecular flexibility index (Phi) is 5.87. The minimum absolute atomic E-state index is 0.0366. The zero-order valence-electron chi connectivity index (χ0n) is 9.16. The van der Waals surface area contributed by atoms with Gasteiger partial charge in [0.25, 0.3) is 0 Å². The second-order valence-electron chi connectivity index (χ2n) is 3.24. The second-order valence-corrected chi connectivity index (χ2v) is 3.24. The summed E-state index contributed by atoms with van der Waals surface area (Å²) in [4.78, 5) is 23.6. The Morgan fingerprint density at radius 2 is 2.00 bits per heavy atom. The molecule has 0 bridgehead atoms. The number of hydrogen-bond donors (Lipinski definition) is 1. The molecule has 0 heterocycles. The fourth-order valence-electron chi connectivity index (χ4n) is 0.879. The fraction of sp³-hybridized carbons (Fsp3) is 0.778. The average molecular weight is 202 g/mol. The lowest BCUT2D eigenvalue weighted by Gasteiger charge is -2.13. The third-order valence-electron chi connectivity index (χ3n) is 1.84. The molecule has 1 amide bonds. The molecule has 0 radical (unpaired) electrons. The van der Waals surface area contributed by atoms with E-state index in [4.69, 9.17) is 0 Å². The van der Waals surface area contributed by atoms with E-state index in [1.54, 1.807) is 21.0 Å². The third-order valence-corrected chi connectivity index (χ3v) is 1.84. The van der Waals surface area contributed by atoms with Gasteiger partial charge in [0.1, 0.15) is 6.04 Å². The first-order valence-corrected chi connectivity index (χ1v) is 4.50. The summed E-state index contributed by atoms with van der Waals surface area (Å²) in [6.07, 6.45) is 0.383. The number of nitrogens with zero attached hydrogens (tertiary/aromatic N) is 1. The summed E-state index contributed by atoms with van der Waals surface area (Å²) in [5.74, 6) is -0.281. The van der Waals surface area contributed by atoms with Gasteiger partial charge in [-0.05, 0) is 6.92 Å². The molecular formula is C9H18N2O3. The van der Waals surface area contributed by atoms with Crippen LogP contribution in [0.15, 0.2) is 0 Å². The number of esters is 1. The summed E-state index contributed by atoms with van der Waals surface area (Å²) in [6.45, 7) is 2.18. The van der Waals surface area contributed by atoms with Crippen LogP contribution in [0.3, 0.4) is 0 Å². The van der Waals surface area contributed by atoms with Crippen molar-refractivity contribution in [3.05, 3.63) is 0 Å². The lowest BCUT2D eigenvalue weighted by Crippen LogP contribution is -2.37. The number of methoxy groups -OCH3 is 1. The Bertz CT molecular complexity index is 204. The van der Waals surface area contributed by atoms with Crippen LogP contribution in [0.2, 0.25) is 0 Å². The van der Waals surface area contributed by atoms with Gasteiger partial charge in [-0.2, -0.15) is 0 Å². The van der Waals surface area contributed by atoms with Gasteiger partial charge in [-0.3, -0.25) is 9.59 Å². The molecule has 14 heavy (non-hydrogen) atoms. The van der Waals surface area contributed by atoms with Crippen LogP contribution in [0.5, 0.6) is 0 Å². The number of carbonyl (C=O) groups excluding carboxylic acids is 2. The molecule has 0 aliphatic carbocycles. The standard InChI is InChI=1S/C9H18N2O3/c1-7(9(13)14-4)10-6-5-8(12)11(2)3/h7,10H,5-6H2,1-4H3. The van der Waals surface area contributed by atoms with E-state index in [1.807, 2.05) is 0 Å². The summed E-state index contributed by atoms with van der Waals surface area (Å²) in [5, 5.41) is 2.90. The molecule has 1 atom stereocenters. The van der Waals surface area contributed by atoms with Crippen LogP contribution in [-0.2, 0) is 14.3 Å². The van der Waals surface area contributed by atoms with Crippen molar-refractivity contribution in [2.75, 3.05) is 27.7 Å². The Morgan fingerprint density at radius 1 is 1.43 bits per heavy atom. The molecule has 0 fully saturated rings. The van der Waals surface area contributed by atoms with E-state index >= 15 is 0 Å². The molecule has 0 saturated carbocycles. The van der Waals surface area contributed by atoms with Gasteiger partial charge >= 0.3 is 5.97 Å². The maximum Gasteiger partial charge on any atom is 0.322 e. The molecule has 82 valence electrons. The highest BCUT2D eigenvalue weighted by Crippen LogP contribution is 1.89. The number of hydrogen-bond acceptors (Lipinski definition) is 4. The highest BCUT2D eigenvalue weighted by Gasteiger charge is 2.12. The van der Waals surface area contributed by atoms with Crippen LogP contribution in [0.4, 0.5) is 0 Å². The lowest BCUT2D eigenvalue weighted by molar-refractivity contribution is -0.142. The van der Waals surface area contributed by atoms with Gasteiger partial charge in [0.15, 0.2) is 0 Å². The van der Waals surface area contributed by atoms with Gasteiger partial charge in [-0.15, -0.1) is 0 Å². The summed E-state index contributed by atoms with van der Waals surface area (Å²) in [5.41, 5.74) is 0. The van der Waals surface area contributed by atoms with Crippen molar-refractivity contribution in [3.63, 3.8) is 0 Å². The molecule has 1 N–H and O–H groups in total. The Balaban J connectivity index is 3.64. The molecule has 0 saturated heterocycles. The Labute approximate surface area is 84.4 Å². The van der Waals surface area contributed by atoms with E-state index in [-0.39, 0.29) is 17.9 Å². The van der Waals surface area contributed by atoms with E-state index in [1.165, 1.54) is 12.0 Å². The van der Waals surface area contributed by atoms with E-state index < -0.39 is 0 Å². The smallest absolute Gasteiger partial charge is 0.322 e. The molecule has 5 heteroatoms. The van der Waals surface area contributed by atoms with Crippen molar-refractivity contribution in [1.82, 2.24) is 10.2 Å². The van der Waals surface area contributed by atoms with Crippen LogP contribution in [0, 0.1) is 0 Å². The van der Waals surface area contributed by atoms with Crippen molar-refractivity contribution in [3.8, 4) is 0 Å². The van der Waals surface area contributed by atoms with E-state index in [9.17, 15) is 9.59 Å². The predicted molar refractivity (Wildman–Crippen MR) is 52.8 cm³/mol. The first kappa shape index (κ1) is 12.9. The number of carbonyl (C=O) groups is 2. The SMILES string of the molecule is COC(=O)C(C)NCCC(=O)N(C)C. The molecular weight excluding hydrogens is 184 g/mol. The second kappa shape index (κ2) is 6.37. The van der Waals surface area contributed by atoms with Crippen molar-refractivity contribution in [2.24, 2.45) is 0 Å². The summed E-state index contributed by atoms with van der Waals surface area (Å²) >= 11 is 0. The third kappa shape index (κ3) is 4.81. The van der Waals surface area contributed by atoms with Gasteiger partial charge in [0.05, 0.1) is 7.11 Å². The van der Waals surface area contributed by atoms with Crippen LogP contribution >= 0.6 is 0 Å². The highest BCUT2D eigenvalue weighted by molar-refractivity contribution is 5.76. The number of nitrogens with one attached hydrogen (secondary N) is 1. The van der Waals surface area contributed by atoms with Crippen molar-refractivity contribution < 1.29 is 14.3 Å². The van der Waals surface area contributed by atoms with Gasteiger partial charge < -0.3 is 15.0 Å². The topological polar surface area (TPSA) is 58.6 Å². The monoisotopic (exact) mass is 202 g/mol. The minimum atomic E-state index is -0.366. The molecule has 0 aliphatic heterocycles. The maximum absolute atomic E-state index is 11.1. The summed E-state index contributed by atoms with van der Waals surface area (Å²) in [7, 11) is 4.74. The van der Waals surface area contributed by atoms with Crippen molar-refractivity contribution in [1.29, 1.82) is 0 Å². The Hall–Kier alpha value is -1.10. The van der Waals surface area contributed by atoms with Gasteiger partial charge in [0.2, 0.25) is 5.91 Å². The number of amides is 1. The zero-order valence-corrected chi connectivity index (χ0v) is 9.16. The summed E-state index contributed by atoms with van der Waals surface area (Å²) < 4.78 is 4.52. The largest absolute Gasteiger partial charge is 0.468 e. The fourth-order valence-corrected chi connectivity index (χ4v) is 0.879. The molecule has 0 aromatic rings. The van der Waals surface area contributed by atoms with Gasteiger partial charge in [-0.25, -0.2) is 0 Å². The number of ether oxygens (including phenoxy) is 1. The van der Waals surface area contributed by atoms with Crippen LogP contribution in [0.1, 0.15) is 13.3 Å². The average Bonchev–Trinajstić information content (AvgIpc) is 2.15. The maximum atomic E-state index is 11.1. The molecule has 0 aliphatic rings. The van der Waals surface area contributed by atoms with Crippen LogP contribution in [0.25, 0.3) is 0 Å². The zero-order chi connectivity index (χ0) is 11.1. The first-order valence-electron chi connectivity index (χ1n) is 4.50. The lowest BCUT2D eigenvalue weighted by atomic mass is 10.3. The van der Waals surface area contributed by atoms with Crippen molar-refractivity contribution >= 4 is 11.9 Å². The van der Waals surface area contributed by atoms with Crippen LogP contribution < -0.4 is 5.32 Å². The number of rotatable bonds is 5. The molecule has 0 aromatic heterocycles. The normalized spacial score (nSPS) is 12.0. The quantitative estimate of drug-likeness (QED) is 0.617. The van der Waals surface area contributed by atoms with Gasteiger partial charge in [0, 0.05) is 27.1 Å². The molecule has 5 nitrogen and oxygen atoms in total. The van der Waals surface area contributed by atoms with E-state index in [0.29, 0.717) is 13.0 Å². The highest BCUT2D eigenvalue weighted by atomic mass is 16.5. The predicted octanol–water partition coefficient (Wildman–Crippen LogP) is -0.384. The molecule has 0 spiro atoms. The molecule has 0 aromatic carbocycles. The first-order chi connectivity index (χ1) is 6.49. The van der Waals surface area contributed by atoms with Crippen molar-refractivity contribution in [2.45, 2.75) is 19.4 Å². The van der Waals surface area contributed by atoms with Gasteiger partial charge in [-0.1, -0.05) is 0 Å². The molecule has 1 unspecified atom stereocenters. The minimum Gasteiger partial charge on any atom is -0.468 e. The van der Waals surface area contributed by atoms with E-state index in [2.05, 4.69) is 10.1 Å². The summed E-state index contributed by atoms with van der Waals surface area (Å²) in [6, 6.07) is -0.366. The molecule has 0 rings (SSSR count). The Morgan fingerprint density at radius 3 is 2.43 bits per heavy atom. The van der Waals surface area contributed by atoms with Crippen LogP contribution in [-0.4, -0.2) is 50.6 Å². The van der Waals surface area contributed by atoms with E-state index in [0.717, 1.165) is 0 Å².